The van der Waals surface area contributed by atoms with Crippen molar-refractivity contribution in [1.29, 1.82) is 0 Å². The molecule has 0 atom stereocenters. The Balaban J connectivity index is 1.31. The highest BCUT2D eigenvalue weighted by Crippen LogP contribution is 2.23. The molecule has 0 bridgehead atoms. The Hall–Kier alpha value is -3.06. The number of hydrogen-bond acceptors (Lipinski definition) is 7. The molecule has 0 N–H and O–H groups in total. The van der Waals surface area contributed by atoms with E-state index >= 15 is 0 Å². The van der Waals surface area contributed by atoms with Crippen LogP contribution < -0.4 is 0 Å². The Morgan fingerprint density at radius 2 is 1.77 bits per heavy atom. The summed E-state index contributed by atoms with van der Waals surface area (Å²) in [6.07, 6.45) is 0. The van der Waals surface area contributed by atoms with E-state index in [1.54, 1.807) is 18.2 Å². The summed E-state index contributed by atoms with van der Waals surface area (Å²) in [6.45, 7) is -0.368. The number of furan rings is 1. The molecule has 4 aromatic rings. The average molecular weight is 367 g/mol. The zero-order valence-electron chi connectivity index (χ0n) is 13.5. The Labute approximate surface area is 152 Å². The first-order valence-corrected chi connectivity index (χ1v) is 8.83. The standard InChI is InChI=1S/C19H13NO5S/c21-14(17-9-12-5-1-3-7-15(12)24-17)10-23-18(22)11-26-19-20-13-6-2-4-8-16(13)25-19/h1-9H,10-11H2. The minimum absolute atomic E-state index is 0.000230. The number of ether oxygens (including phenoxy) is 1. The van der Waals surface area contributed by atoms with Crippen molar-refractivity contribution in [2.75, 3.05) is 12.4 Å². The quantitative estimate of drug-likeness (QED) is 0.288. The fraction of sp³-hybridized carbons (Fsp3) is 0.105. The first-order valence-electron chi connectivity index (χ1n) is 7.85. The molecule has 0 fully saturated rings. The smallest absolute Gasteiger partial charge is 0.316 e. The maximum absolute atomic E-state index is 12.1. The third kappa shape index (κ3) is 3.48. The van der Waals surface area contributed by atoms with Gasteiger partial charge < -0.3 is 13.6 Å². The number of carbonyl (C=O) groups is 2. The summed E-state index contributed by atoms with van der Waals surface area (Å²) in [4.78, 5) is 28.2. The van der Waals surface area contributed by atoms with Crippen molar-refractivity contribution in [2.45, 2.75) is 5.22 Å². The summed E-state index contributed by atoms with van der Waals surface area (Å²) < 4.78 is 16.0. The molecule has 0 amide bonds. The molecule has 7 heteroatoms. The van der Waals surface area contributed by atoms with E-state index in [0.717, 1.165) is 22.7 Å². The lowest BCUT2D eigenvalue weighted by molar-refractivity contribution is -0.139. The zero-order valence-corrected chi connectivity index (χ0v) is 14.3. The summed E-state index contributed by atoms with van der Waals surface area (Å²) in [5.41, 5.74) is 2.00. The number of para-hydroxylation sites is 3. The first kappa shape index (κ1) is 16.4. The lowest BCUT2D eigenvalue weighted by Crippen LogP contribution is -2.15. The Kier molecular flexibility index (Phi) is 4.45. The lowest BCUT2D eigenvalue weighted by Gasteiger charge is -2.01. The number of nitrogens with zero attached hydrogens (tertiary/aromatic N) is 1. The van der Waals surface area contributed by atoms with Gasteiger partial charge in [-0.1, -0.05) is 42.1 Å². The van der Waals surface area contributed by atoms with Crippen LogP contribution in [0.2, 0.25) is 0 Å². The monoisotopic (exact) mass is 367 g/mol. The van der Waals surface area contributed by atoms with Crippen molar-refractivity contribution in [2.24, 2.45) is 0 Å². The third-order valence-corrected chi connectivity index (χ3v) is 4.45. The minimum atomic E-state index is -0.526. The van der Waals surface area contributed by atoms with Crippen molar-refractivity contribution < 1.29 is 23.2 Å². The van der Waals surface area contributed by atoms with Gasteiger partial charge in [0, 0.05) is 5.39 Å². The second-order valence-corrected chi connectivity index (χ2v) is 6.40. The van der Waals surface area contributed by atoms with Gasteiger partial charge in [-0.15, -0.1) is 0 Å². The van der Waals surface area contributed by atoms with Crippen LogP contribution in [0.1, 0.15) is 10.6 Å². The van der Waals surface area contributed by atoms with Crippen LogP contribution in [0.25, 0.3) is 22.1 Å². The largest absolute Gasteiger partial charge is 0.457 e. The van der Waals surface area contributed by atoms with Gasteiger partial charge in [-0.2, -0.15) is 0 Å². The van der Waals surface area contributed by atoms with Crippen molar-refractivity contribution in [3.63, 3.8) is 0 Å². The van der Waals surface area contributed by atoms with Gasteiger partial charge in [0.1, 0.15) is 16.9 Å². The van der Waals surface area contributed by atoms with Crippen LogP contribution in [0.3, 0.4) is 0 Å². The molecule has 4 rings (SSSR count). The van der Waals surface area contributed by atoms with Crippen LogP contribution in [0.5, 0.6) is 0 Å². The summed E-state index contributed by atoms with van der Waals surface area (Å²) in [5, 5.41) is 1.21. The molecule has 2 aromatic carbocycles. The van der Waals surface area contributed by atoms with Crippen LogP contribution in [0.15, 0.2) is 68.7 Å². The Bertz CT molecular complexity index is 1030. The van der Waals surface area contributed by atoms with Crippen LogP contribution >= 0.6 is 11.8 Å². The number of Topliss-reactive ketones (excluding diaryl/α,β-unsaturated/α-hetero) is 1. The van der Waals surface area contributed by atoms with Gasteiger partial charge in [0.15, 0.2) is 18.0 Å². The maximum Gasteiger partial charge on any atom is 0.316 e. The Morgan fingerprint density at radius 3 is 2.58 bits per heavy atom. The van der Waals surface area contributed by atoms with E-state index in [1.807, 2.05) is 36.4 Å². The number of oxazole rings is 1. The molecular formula is C19H13NO5S. The van der Waals surface area contributed by atoms with E-state index in [-0.39, 0.29) is 23.9 Å². The highest BCUT2D eigenvalue weighted by atomic mass is 32.2. The fourth-order valence-electron chi connectivity index (χ4n) is 2.41. The molecule has 0 radical (unpaired) electrons. The van der Waals surface area contributed by atoms with E-state index in [1.165, 1.54) is 0 Å². The number of benzene rings is 2. The van der Waals surface area contributed by atoms with Crippen molar-refractivity contribution in [3.05, 3.63) is 60.4 Å². The average Bonchev–Trinajstić information content (AvgIpc) is 3.27. The van der Waals surface area contributed by atoms with E-state index in [9.17, 15) is 9.59 Å². The minimum Gasteiger partial charge on any atom is -0.457 e. The lowest BCUT2D eigenvalue weighted by atomic mass is 10.2. The number of carbonyl (C=O) groups excluding carboxylic acids is 2. The Morgan fingerprint density at radius 1 is 1.00 bits per heavy atom. The van der Waals surface area contributed by atoms with Crippen LogP contribution in [0.4, 0.5) is 0 Å². The number of thioether (sulfide) groups is 1. The zero-order chi connectivity index (χ0) is 17.9. The van der Waals surface area contributed by atoms with Crippen LogP contribution in [0, 0.1) is 0 Å². The molecule has 130 valence electrons. The molecule has 0 saturated heterocycles. The summed E-state index contributed by atoms with van der Waals surface area (Å²) in [5.74, 6) is -0.742. The summed E-state index contributed by atoms with van der Waals surface area (Å²) in [7, 11) is 0. The molecule has 0 aliphatic carbocycles. The molecule has 0 unspecified atom stereocenters. The second kappa shape index (κ2) is 7.05. The van der Waals surface area contributed by atoms with Gasteiger partial charge in [-0.05, 0) is 24.3 Å². The molecular weight excluding hydrogens is 354 g/mol. The fourth-order valence-corrected chi connectivity index (χ4v) is 3.05. The highest BCUT2D eigenvalue weighted by molar-refractivity contribution is 7.99. The van der Waals surface area contributed by atoms with Gasteiger partial charge in [-0.25, -0.2) is 4.98 Å². The number of rotatable bonds is 6. The maximum atomic E-state index is 12.1. The van der Waals surface area contributed by atoms with E-state index in [0.29, 0.717) is 16.4 Å². The molecule has 26 heavy (non-hydrogen) atoms. The van der Waals surface area contributed by atoms with Crippen molar-refractivity contribution in [3.8, 4) is 0 Å². The van der Waals surface area contributed by atoms with E-state index in [2.05, 4.69) is 4.98 Å². The normalized spacial score (nSPS) is 11.1. The number of ketones is 1. The van der Waals surface area contributed by atoms with E-state index in [4.69, 9.17) is 13.6 Å². The van der Waals surface area contributed by atoms with Gasteiger partial charge in [0.25, 0.3) is 5.22 Å². The highest BCUT2D eigenvalue weighted by Gasteiger charge is 2.16. The van der Waals surface area contributed by atoms with Gasteiger partial charge >= 0.3 is 5.97 Å². The SMILES string of the molecule is O=C(CSc1nc2ccccc2o1)OCC(=O)c1cc2ccccc2o1. The predicted octanol–water partition coefficient (Wildman–Crippen LogP) is 4.09. The molecule has 0 saturated carbocycles. The first-order chi connectivity index (χ1) is 12.7. The third-order valence-electron chi connectivity index (χ3n) is 3.65. The number of hydrogen-bond donors (Lipinski definition) is 0. The molecule has 0 aliphatic heterocycles. The van der Waals surface area contributed by atoms with Crippen molar-refractivity contribution >= 4 is 45.6 Å². The number of fused-ring (bicyclic) bond motifs is 2. The van der Waals surface area contributed by atoms with Gasteiger partial charge in [0.05, 0.1) is 0 Å². The topological polar surface area (TPSA) is 82.5 Å². The molecule has 2 aromatic heterocycles. The summed E-state index contributed by atoms with van der Waals surface area (Å²) in [6, 6.07) is 16.3. The second-order valence-electron chi connectivity index (χ2n) is 5.47. The predicted molar refractivity (Wildman–Crippen MR) is 96.2 cm³/mol. The van der Waals surface area contributed by atoms with Gasteiger partial charge in [0.2, 0.25) is 5.78 Å². The molecule has 2 heterocycles. The molecule has 6 nitrogen and oxygen atoms in total. The number of aromatic nitrogens is 1. The number of esters is 1. The summed E-state index contributed by atoms with van der Waals surface area (Å²) >= 11 is 1.12. The molecule has 0 spiro atoms. The molecule has 0 aliphatic rings. The van der Waals surface area contributed by atoms with Crippen molar-refractivity contribution in [1.82, 2.24) is 4.98 Å². The van der Waals surface area contributed by atoms with Gasteiger partial charge in [-0.3, -0.25) is 9.59 Å². The van der Waals surface area contributed by atoms with Crippen LogP contribution in [-0.4, -0.2) is 29.1 Å². The van der Waals surface area contributed by atoms with Crippen LogP contribution in [-0.2, 0) is 9.53 Å². The van der Waals surface area contributed by atoms with E-state index < -0.39 is 5.97 Å².